The summed E-state index contributed by atoms with van der Waals surface area (Å²) in [6.45, 7) is 6.34. The summed E-state index contributed by atoms with van der Waals surface area (Å²) in [5.41, 5.74) is 2.67. The van der Waals surface area contributed by atoms with E-state index in [1.54, 1.807) is 7.11 Å². The van der Waals surface area contributed by atoms with Crippen molar-refractivity contribution in [1.29, 1.82) is 0 Å². The van der Waals surface area contributed by atoms with E-state index >= 15 is 0 Å². The highest BCUT2D eigenvalue weighted by Gasteiger charge is 2.14. The van der Waals surface area contributed by atoms with E-state index in [1.807, 2.05) is 36.4 Å². The first kappa shape index (κ1) is 20.0. The van der Waals surface area contributed by atoms with Crippen molar-refractivity contribution in [2.45, 2.75) is 12.8 Å². The van der Waals surface area contributed by atoms with Gasteiger partial charge in [-0.05, 0) is 49.7 Å². The lowest BCUT2D eigenvalue weighted by molar-refractivity contribution is 0.226. The first-order valence-corrected chi connectivity index (χ1v) is 10.5. The SMILES string of the molecule is COc1cc(OCCCCN2CCNCC2)ccc1-c1n[nH]c2cc(Cl)ccc12. The molecule has 1 aromatic heterocycles. The topological polar surface area (TPSA) is 62.4 Å². The molecule has 0 aliphatic carbocycles. The van der Waals surface area contributed by atoms with Crippen LogP contribution < -0.4 is 14.8 Å². The first-order valence-electron chi connectivity index (χ1n) is 10.1. The number of ether oxygens (including phenoxy) is 2. The molecule has 3 aromatic rings. The zero-order chi connectivity index (χ0) is 20.1. The van der Waals surface area contributed by atoms with E-state index in [4.69, 9.17) is 21.1 Å². The predicted molar refractivity (Wildman–Crippen MR) is 117 cm³/mol. The minimum Gasteiger partial charge on any atom is -0.496 e. The van der Waals surface area contributed by atoms with Crippen LogP contribution in [0.4, 0.5) is 0 Å². The highest BCUT2D eigenvalue weighted by Crippen LogP contribution is 2.36. The van der Waals surface area contributed by atoms with Gasteiger partial charge in [0.2, 0.25) is 0 Å². The van der Waals surface area contributed by atoms with E-state index < -0.39 is 0 Å². The highest BCUT2D eigenvalue weighted by molar-refractivity contribution is 6.31. The third-order valence-electron chi connectivity index (χ3n) is 5.30. The largest absolute Gasteiger partial charge is 0.496 e. The van der Waals surface area contributed by atoms with Crippen molar-refractivity contribution in [2.24, 2.45) is 0 Å². The molecule has 0 unspecified atom stereocenters. The second-order valence-electron chi connectivity index (χ2n) is 7.27. The van der Waals surface area contributed by atoms with Crippen LogP contribution in [0.5, 0.6) is 11.5 Å². The molecule has 1 aliphatic heterocycles. The van der Waals surface area contributed by atoms with Gasteiger partial charge < -0.3 is 19.7 Å². The second kappa shape index (κ2) is 9.48. The fourth-order valence-corrected chi connectivity index (χ4v) is 3.89. The second-order valence-corrected chi connectivity index (χ2v) is 7.71. The number of piperazine rings is 1. The molecule has 0 bridgehead atoms. The van der Waals surface area contributed by atoms with E-state index in [0.717, 1.165) is 79.2 Å². The Morgan fingerprint density at radius 1 is 1.10 bits per heavy atom. The molecule has 0 radical (unpaired) electrons. The van der Waals surface area contributed by atoms with E-state index in [-0.39, 0.29) is 0 Å². The molecule has 0 atom stereocenters. The highest BCUT2D eigenvalue weighted by atomic mass is 35.5. The smallest absolute Gasteiger partial charge is 0.132 e. The fraction of sp³-hybridized carbons (Fsp3) is 0.409. The number of aromatic nitrogens is 2. The number of aromatic amines is 1. The van der Waals surface area contributed by atoms with Crippen LogP contribution in [0.1, 0.15) is 12.8 Å². The molecule has 2 aromatic carbocycles. The van der Waals surface area contributed by atoms with Crippen molar-refractivity contribution >= 4 is 22.5 Å². The first-order chi connectivity index (χ1) is 14.2. The maximum absolute atomic E-state index is 6.07. The third-order valence-corrected chi connectivity index (χ3v) is 5.54. The molecular formula is C22H27ClN4O2. The summed E-state index contributed by atoms with van der Waals surface area (Å²) in [6, 6.07) is 11.6. The van der Waals surface area contributed by atoms with E-state index in [2.05, 4.69) is 20.4 Å². The average molecular weight is 415 g/mol. The summed E-state index contributed by atoms with van der Waals surface area (Å²) < 4.78 is 11.6. The maximum atomic E-state index is 6.07. The van der Waals surface area contributed by atoms with Gasteiger partial charge in [-0.1, -0.05) is 11.6 Å². The Labute approximate surface area is 176 Å². The van der Waals surface area contributed by atoms with Crippen molar-refractivity contribution < 1.29 is 9.47 Å². The van der Waals surface area contributed by atoms with Crippen LogP contribution in [0, 0.1) is 0 Å². The Balaban J connectivity index is 1.37. The van der Waals surface area contributed by atoms with Crippen molar-refractivity contribution in [3.63, 3.8) is 0 Å². The number of hydrogen-bond donors (Lipinski definition) is 2. The fourth-order valence-electron chi connectivity index (χ4n) is 3.72. The molecule has 154 valence electrons. The number of methoxy groups -OCH3 is 1. The van der Waals surface area contributed by atoms with Crippen LogP contribution in [0.3, 0.4) is 0 Å². The lowest BCUT2D eigenvalue weighted by Gasteiger charge is -2.27. The van der Waals surface area contributed by atoms with Crippen LogP contribution in [0.25, 0.3) is 22.2 Å². The van der Waals surface area contributed by atoms with Crippen molar-refractivity contribution in [3.8, 4) is 22.8 Å². The molecule has 1 aliphatic rings. The number of halogens is 1. The molecular weight excluding hydrogens is 388 g/mol. The number of hydrogen-bond acceptors (Lipinski definition) is 5. The maximum Gasteiger partial charge on any atom is 0.132 e. The van der Waals surface area contributed by atoms with Crippen molar-refractivity contribution in [3.05, 3.63) is 41.4 Å². The van der Waals surface area contributed by atoms with Crippen LogP contribution in [0.15, 0.2) is 36.4 Å². The van der Waals surface area contributed by atoms with E-state index in [0.29, 0.717) is 11.6 Å². The predicted octanol–water partition coefficient (Wildman–Crippen LogP) is 3.96. The molecule has 29 heavy (non-hydrogen) atoms. The van der Waals surface area contributed by atoms with Gasteiger partial charge in [-0.15, -0.1) is 0 Å². The van der Waals surface area contributed by atoms with Gasteiger partial charge in [-0.3, -0.25) is 5.10 Å². The van der Waals surface area contributed by atoms with Crippen molar-refractivity contribution in [2.75, 3.05) is 46.4 Å². The minimum absolute atomic E-state index is 0.681. The van der Waals surface area contributed by atoms with Crippen LogP contribution in [0.2, 0.25) is 5.02 Å². The Hall–Kier alpha value is -2.28. The van der Waals surface area contributed by atoms with E-state index in [9.17, 15) is 0 Å². The zero-order valence-electron chi connectivity index (χ0n) is 16.7. The number of nitrogens with one attached hydrogen (secondary N) is 2. The van der Waals surface area contributed by atoms with Gasteiger partial charge in [0.05, 0.1) is 19.2 Å². The molecule has 0 spiro atoms. The third kappa shape index (κ3) is 4.83. The van der Waals surface area contributed by atoms with Gasteiger partial charge in [0.1, 0.15) is 17.2 Å². The van der Waals surface area contributed by atoms with Crippen LogP contribution >= 0.6 is 11.6 Å². The summed E-state index contributed by atoms with van der Waals surface area (Å²) in [5, 5.41) is 12.6. The van der Waals surface area contributed by atoms with Gasteiger partial charge in [0.15, 0.2) is 0 Å². The normalized spacial score (nSPS) is 15.0. The number of H-pyrrole nitrogens is 1. The molecule has 6 nitrogen and oxygen atoms in total. The standard InChI is InChI=1S/C22H27ClN4O2/c1-28-21-15-17(29-13-3-2-10-27-11-8-24-9-12-27)5-7-19(21)22-18-6-4-16(23)14-20(18)25-26-22/h4-7,14-15,24H,2-3,8-13H2,1H3,(H,25,26). The molecule has 0 amide bonds. The van der Waals surface area contributed by atoms with E-state index in [1.165, 1.54) is 0 Å². The molecule has 1 saturated heterocycles. The number of unbranched alkanes of at least 4 members (excludes halogenated alkanes) is 1. The number of benzene rings is 2. The summed E-state index contributed by atoms with van der Waals surface area (Å²) >= 11 is 6.07. The molecule has 7 heteroatoms. The van der Waals surface area contributed by atoms with Gasteiger partial charge in [-0.2, -0.15) is 5.10 Å². The lowest BCUT2D eigenvalue weighted by atomic mass is 10.1. The minimum atomic E-state index is 0.681. The Morgan fingerprint density at radius 3 is 2.79 bits per heavy atom. The van der Waals surface area contributed by atoms with Crippen LogP contribution in [-0.2, 0) is 0 Å². The molecule has 2 heterocycles. The monoisotopic (exact) mass is 414 g/mol. The van der Waals surface area contributed by atoms with Gasteiger partial charge in [-0.25, -0.2) is 0 Å². The van der Waals surface area contributed by atoms with Crippen LogP contribution in [-0.4, -0.2) is 61.5 Å². The molecule has 4 rings (SSSR count). The number of fused-ring (bicyclic) bond motifs is 1. The summed E-state index contributed by atoms with van der Waals surface area (Å²) in [4.78, 5) is 2.51. The Morgan fingerprint density at radius 2 is 1.97 bits per heavy atom. The van der Waals surface area contributed by atoms with Gasteiger partial charge in [0, 0.05) is 48.2 Å². The van der Waals surface area contributed by atoms with Crippen molar-refractivity contribution in [1.82, 2.24) is 20.4 Å². The Kier molecular flexibility index (Phi) is 6.54. The zero-order valence-corrected chi connectivity index (χ0v) is 17.5. The lowest BCUT2D eigenvalue weighted by Crippen LogP contribution is -2.43. The quantitative estimate of drug-likeness (QED) is 0.546. The Bertz CT molecular complexity index is 953. The average Bonchev–Trinajstić information content (AvgIpc) is 3.17. The molecule has 0 saturated carbocycles. The molecule has 2 N–H and O–H groups in total. The van der Waals surface area contributed by atoms with Gasteiger partial charge in [0.25, 0.3) is 0 Å². The number of nitrogens with zero attached hydrogens (tertiary/aromatic N) is 2. The summed E-state index contributed by atoms with van der Waals surface area (Å²) in [6.07, 6.45) is 2.19. The number of rotatable bonds is 8. The molecule has 1 fully saturated rings. The summed E-state index contributed by atoms with van der Waals surface area (Å²) in [5.74, 6) is 1.56. The van der Waals surface area contributed by atoms with Gasteiger partial charge >= 0.3 is 0 Å². The summed E-state index contributed by atoms with van der Waals surface area (Å²) in [7, 11) is 1.67.